The van der Waals surface area contributed by atoms with Crippen LogP contribution >= 0.6 is 11.6 Å². The molecule has 2 heterocycles. The van der Waals surface area contributed by atoms with Crippen molar-refractivity contribution in [3.63, 3.8) is 0 Å². The van der Waals surface area contributed by atoms with E-state index in [0.717, 1.165) is 49.1 Å². The molecule has 22 heavy (non-hydrogen) atoms. The van der Waals surface area contributed by atoms with Crippen molar-refractivity contribution in [2.75, 3.05) is 36.8 Å². The molecule has 0 atom stereocenters. The van der Waals surface area contributed by atoms with Gasteiger partial charge in [0.1, 0.15) is 0 Å². The molecule has 1 aliphatic rings. The molecule has 0 unspecified atom stereocenters. The van der Waals surface area contributed by atoms with Crippen LogP contribution in [0.4, 0.5) is 11.4 Å². The molecule has 0 radical (unpaired) electrons. The van der Waals surface area contributed by atoms with Crippen LogP contribution in [0.1, 0.15) is 11.3 Å². The normalized spacial score (nSPS) is 16.2. The number of hydrogen-bond donors (Lipinski definition) is 1. The van der Waals surface area contributed by atoms with Gasteiger partial charge in [-0.1, -0.05) is 11.6 Å². The van der Waals surface area contributed by atoms with Crippen LogP contribution in [0.5, 0.6) is 0 Å². The highest BCUT2D eigenvalue weighted by atomic mass is 35.5. The monoisotopic (exact) mass is 319 g/mol. The van der Waals surface area contributed by atoms with Crippen LogP contribution in [0.15, 0.2) is 24.4 Å². The maximum Gasteiger partial charge on any atom is 0.0660 e. The second kappa shape index (κ2) is 6.18. The second-order valence-electron chi connectivity index (χ2n) is 5.89. The first kappa shape index (κ1) is 15.2. The first-order valence-corrected chi connectivity index (χ1v) is 7.92. The van der Waals surface area contributed by atoms with E-state index in [9.17, 15) is 0 Å². The van der Waals surface area contributed by atoms with Crippen LogP contribution in [0, 0.1) is 6.92 Å². The average molecular weight is 320 g/mol. The number of halogens is 1. The van der Waals surface area contributed by atoms with Gasteiger partial charge < -0.3 is 10.6 Å². The molecule has 1 aliphatic heterocycles. The molecular formula is C16H22ClN5. The Kier molecular flexibility index (Phi) is 4.27. The average Bonchev–Trinajstić information content (AvgIpc) is 2.78. The third kappa shape index (κ3) is 3.20. The molecule has 1 fully saturated rings. The van der Waals surface area contributed by atoms with Crippen molar-refractivity contribution in [1.29, 1.82) is 0 Å². The fourth-order valence-corrected chi connectivity index (χ4v) is 3.28. The largest absolute Gasteiger partial charge is 0.399 e. The van der Waals surface area contributed by atoms with E-state index < -0.39 is 0 Å². The lowest BCUT2D eigenvalue weighted by molar-refractivity contribution is 0.249. The SMILES string of the molecule is Cc1nn(C)cc1CN1CCN(c2ccc(N)cc2Cl)CC1. The number of hydrogen-bond acceptors (Lipinski definition) is 4. The summed E-state index contributed by atoms with van der Waals surface area (Å²) in [4.78, 5) is 4.79. The Morgan fingerprint density at radius 2 is 1.95 bits per heavy atom. The van der Waals surface area contributed by atoms with Gasteiger partial charge in [-0.25, -0.2) is 0 Å². The van der Waals surface area contributed by atoms with Gasteiger partial charge in [0.2, 0.25) is 0 Å². The molecule has 0 amide bonds. The summed E-state index contributed by atoms with van der Waals surface area (Å²) in [6.45, 7) is 7.03. The Balaban J connectivity index is 1.61. The number of nitrogen functional groups attached to an aromatic ring is 1. The Bertz CT molecular complexity index is 659. The molecule has 1 aromatic heterocycles. The lowest BCUT2D eigenvalue weighted by atomic mass is 10.2. The summed E-state index contributed by atoms with van der Waals surface area (Å²) >= 11 is 6.31. The van der Waals surface area contributed by atoms with E-state index in [1.54, 1.807) is 0 Å². The molecule has 0 bridgehead atoms. The van der Waals surface area contributed by atoms with Crippen molar-refractivity contribution >= 4 is 23.0 Å². The van der Waals surface area contributed by atoms with E-state index in [-0.39, 0.29) is 0 Å². The predicted octanol–water partition coefficient (Wildman–Crippen LogP) is 2.29. The molecule has 2 N–H and O–H groups in total. The summed E-state index contributed by atoms with van der Waals surface area (Å²) in [5.41, 5.74) is 9.97. The number of aryl methyl sites for hydroxylation is 2. The fourth-order valence-electron chi connectivity index (χ4n) is 2.97. The number of piperazine rings is 1. The van der Waals surface area contributed by atoms with Gasteiger partial charge in [-0.15, -0.1) is 0 Å². The highest BCUT2D eigenvalue weighted by molar-refractivity contribution is 6.33. The van der Waals surface area contributed by atoms with E-state index in [1.165, 1.54) is 5.56 Å². The smallest absolute Gasteiger partial charge is 0.0660 e. The third-order valence-corrected chi connectivity index (χ3v) is 4.50. The van der Waals surface area contributed by atoms with Crippen LogP contribution in [-0.4, -0.2) is 40.9 Å². The van der Waals surface area contributed by atoms with E-state index >= 15 is 0 Å². The number of benzene rings is 1. The van der Waals surface area contributed by atoms with Gasteiger partial charge in [0.25, 0.3) is 0 Å². The van der Waals surface area contributed by atoms with Gasteiger partial charge in [-0.2, -0.15) is 5.10 Å². The van der Waals surface area contributed by atoms with Crippen LogP contribution < -0.4 is 10.6 Å². The Morgan fingerprint density at radius 3 is 2.55 bits per heavy atom. The van der Waals surface area contributed by atoms with Crippen LogP contribution in [-0.2, 0) is 13.6 Å². The van der Waals surface area contributed by atoms with Gasteiger partial charge >= 0.3 is 0 Å². The van der Waals surface area contributed by atoms with Gasteiger partial charge in [0.05, 0.1) is 16.4 Å². The van der Waals surface area contributed by atoms with E-state index in [4.69, 9.17) is 17.3 Å². The molecule has 0 spiro atoms. The van der Waals surface area contributed by atoms with E-state index in [1.807, 2.05) is 29.9 Å². The summed E-state index contributed by atoms with van der Waals surface area (Å²) in [7, 11) is 1.97. The minimum atomic E-state index is 0.708. The Morgan fingerprint density at radius 1 is 1.23 bits per heavy atom. The summed E-state index contributed by atoms with van der Waals surface area (Å²) in [6, 6.07) is 5.74. The van der Waals surface area contributed by atoms with Gasteiger partial charge in [-0.3, -0.25) is 9.58 Å². The number of nitrogens with zero attached hydrogens (tertiary/aromatic N) is 4. The zero-order chi connectivity index (χ0) is 15.7. The van der Waals surface area contributed by atoms with Crippen molar-refractivity contribution in [3.8, 4) is 0 Å². The fraction of sp³-hybridized carbons (Fsp3) is 0.438. The predicted molar refractivity (Wildman–Crippen MR) is 91.3 cm³/mol. The van der Waals surface area contributed by atoms with E-state index in [0.29, 0.717) is 5.69 Å². The molecular weight excluding hydrogens is 298 g/mol. The minimum absolute atomic E-state index is 0.708. The Labute approximate surface area is 136 Å². The quantitative estimate of drug-likeness (QED) is 0.882. The molecule has 1 saturated heterocycles. The van der Waals surface area contributed by atoms with Gasteiger partial charge in [0, 0.05) is 57.2 Å². The molecule has 1 aromatic carbocycles. The molecule has 0 saturated carbocycles. The molecule has 3 rings (SSSR count). The molecule has 6 heteroatoms. The standard InChI is InChI=1S/C16H22ClN5/c1-12-13(10-20(2)19-12)11-21-5-7-22(8-6-21)16-4-3-14(18)9-15(16)17/h3-4,9-10H,5-8,11,18H2,1-2H3. The molecule has 0 aliphatic carbocycles. The topological polar surface area (TPSA) is 50.3 Å². The maximum absolute atomic E-state index is 6.31. The van der Waals surface area contributed by atoms with Crippen molar-refractivity contribution in [2.45, 2.75) is 13.5 Å². The summed E-state index contributed by atoms with van der Waals surface area (Å²) in [6.07, 6.45) is 2.11. The van der Waals surface area contributed by atoms with Crippen LogP contribution in [0.3, 0.4) is 0 Å². The lowest BCUT2D eigenvalue weighted by Crippen LogP contribution is -2.46. The highest BCUT2D eigenvalue weighted by Crippen LogP contribution is 2.28. The number of anilines is 2. The number of rotatable bonds is 3. The minimum Gasteiger partial charge on any atom is -0.399 e. The van der Waals surface area contributed by atoms with Crippen molar-refractivity contribution < 1.29 is 0 Å². The molecule has 118 valence electrons. The Hall–Kier alpha value is -1.72. The number of nitrogens with two attached hydrogens (primary N) is 1. The maximum atomic E-state index is 6.31. The first-order chi connectivity index (χ1) is 10.5. The van der Waals surface area contributed by atoms with Crippen molar-refractivity contribution in [1.82, 2.24) is 14.7 Å². The van der Waals surface area contributed by atoms with Crippen LogP contribution in [0.25, 0.3) is 0 Å². The van der Waals surface area contributed by atoms with E-state index in [2.05, 4.69) is 28.0 Å². The first-order valence-electron chi connectivity index (χ1n) is 7.54. The zero-order valence-electron chi connectivity index (χ0n) is 13.1. The molecule has 2 aromatic rings. The highest BCUT2D eigenvalue weighted by Gasteiger charge is 2.20. The van der Waals surface area contributed by atoms with Gasteiger partial charge in [-0.05, 0) is 25.1 Å². The second-order valence-corrected chi connectivity index (χ2v) is 6.29. The summed E-state index contributed by atoms with van der Waals surface area (Å²) < 4.78 is 1.88. The number of aromatic nitrogens is 2. The summed E-state index contributed by atoms with van der Waals surface area (Å²) in [5.74, 6) is 0. The zero-order valence-corrected chi connectivity index (χ0v) is 13.8. The third-order valence-electron chi connectivity index (χ3n) is 4.19. The lowest BCUT2D eigenvalue weighted by Gasteiger charge is -2.36. The van der Waals surface area contributed by atoms with Crippen molar-refractivity contribution in [3.05, 3.63) is 40.7 Å². The summed E-state index contributed by atoms with van der Waals surface area (Å²) in [5, 5.41) is 5.14. The van der Waals surface area contributed by atoms with Crippen LogP contribution in [0.2, 0.25) is 5.02 Å². The van der Waals surface area contributed by atoms with Gasteiger partial charge in [0.15, 0.2) is 0 Å². The van der Waals surface area contributed by atoms with Crippen molar-refractivity contribution in [2.24, 2.45) is 7.05 Å². The molecule has 5 nitrogen and oxygen atoms in total.